The smallest absolute Gasteiger partial charge is 0.411 e. The van der Waals surface area contributed by atoms with Gasteiger partial charge in [0.15, 0.2) is 0 Å². The van der Waals surface area contributed by atoms with E-state index in [4.69, 9.17) is 9.47 Å². The molecule has 1 saturated heterocycles. The molecule has 0 bridgehead atoms. The van der Waals surface area contributed by atoms with Gasteiger partial charge in [0.1, 0.15) is 18.5 Å². The van der Waals surface area contributed by atoms with Crippen molar-refractivity contribution < 1.29 is 33.4 Å². The van der Waals surface area contributed by atoms with Gasteiger partial charge in [-0.2, -0.15) is 0 Å². The molecule has 3 amide bonds. The minimum Gasteiger partial charge on any atom is -0.465 e. The molecule has 2 aromatic rings. The van der Waals surface area contributed by atoms with Gasteiger partial charge in [0.25, 0.3) is 0 Å². The van der Waals surface area contributed by atoms with Gasteiger partial charge < -0.3 is 25.2 Å². The molecule has 0 aromatic heterocycles. The zero-order valence-corrected chi connectivity index (χ0v) is 22.7. The van der Waals surface area contributed by atoms with Gasteiger partial charge in [-0.1, -0.05) is 50.1 Å². The van der Waals surface area contributed by atoms with E-state index in [0.29, 0.717) is 37.5 Å². The zero-order valence-electron chi connectivity index (χ0n) is 22.7. The van der Waals surface area contributed by atoms with Crippen LogP contribution in [0.4, 0.5) is 25.4 Å². The number of nitrogens with one attached hydrogen (secondary N) is 2. The Morgan fingerprint density at radius 1 is 1.12 bits per heavy atom. The van der Waals surface area contributed by atoms with Crippen molar-refractivity contribution in [3.05, 3.63) is 59.4 Å². The molecule has 3 N–H and O–H groups in total. The van der Waals surface area contributed by atoms with Crippen LogP contribution in [0.2, 0.25) is 0 Å². The fourth-order valence-electron chi connectivity index (χ4n) is 6.34. The molecule has 1 saturated carbocycles. The van der Waals surface area contributed by atoms with Crippen LogP contribution >= 0.6 is 0 Å². The summed E-state index contributed by atoms with van der Waals surface area (Å²) in [6.07, 6.45) is 2.53. The molecule has 2 aromatic carbocycles. The minimum atomic E-state index is -1.18. The van der Waals surface area contributed by atoms with Crippen molar-refractivity contribution in [2.45, 2.75) is 63.5 Å². The highest BCUT2D eigenvalue weighted by Gasteiger charge is 2.48. The van der Waals surface area contributed by atoms with E-state index in [0.717, 1.165) is 36.1 Å². The van der Waals surface area contributed by atoms with Crippen molar-refractivity contribution in [3.63, 3.8) is 0 Å². The van der Waals surface area contributed by atoms with Crippen LogP contribution in [0, 0.1) is 17.7 Å². The molecule has 2 aliphatic heterocycles. The molecule has 40 heavy (non-hydrogen) atoms. The number of rotatable bonds is 6. The normalized spacial score (nSPS) is 22.3. The van der Waals surface area contributed by atoms with E-state index in [1.165, 1.54) is 12.1 Å². The molecular weight excluding hydrogens is 517 g/mol. The third kappa shape index (κ3) is 5.91. The second kappa shape index (κ2) is 11.8. The monoisotopic (exact) mass is 553 g/mol. The summed E-state index contributed by atoms with van der Waals surface area (Å²) in [6, 6.07) is 11.1. The Morgan fingerprint density at radius 2 is 1.82 bits per heavy atom. The van der Waals surface area contributed by atoms with Gasteiger partial charge in [0.05, 0.1) is 5.69 Å². The average molecular weight is 554 g/mol. The van der Waals surface area contributed by atoms with Gasteiger partial charge in [0, 0.05) is 36.4 Å². The van der Waals surface area contributed by atoms with Crippen LogP contribution in [0.5, 0.6) is 0 Å². The van der Waals surface area contributed by atoms with Crippen LogP contribution in [0.3, 0.4) is 0 Å². The van der Waals surface area contributed by atoms with E-state index < -0.39 is 35.4 Å². The van der Waals surface area contributed by atoms with Gasteiger partial charge in [0.2, 0.25) is 5.91 Å². The first-order valence-electron chi connectivity index (χ1n) is 14.0. The zero-order chi connectivity index (χ0) is 28.3. The number of carbonyl (C=O) groups is 3. The van der Waals surface area contributed by atoms with E-state index in [9.17, 15) is 19.5 Å². The predicted octanol–water partition coefficient (Wildman–Crippen LogP) is 5.43. The number of carboxylic acid groups (broad SMARTS) is 1. The van der Waals surface area contributed by atoms with Crippen molar-refractivity contribution in [2.24, 2.45) is 11.8 Å². The lowest BCUT2D eigenvalue weighted by molar-refractivity contribution is -0.119. The molecule has 0 radical (unpaired) electrons. The van der Waals surface area contributed by atoms with E-state index in [-0.39, 0.29) is 30.4 Å². The lowest BCUT2D eigenvalue weighted by Crippen LogP contribution is -2.49. The van der Waals surface area contributed by atoms with E-state index in [1.54, 1.807) is 0 Å². The Balaban J connectivity index is 1.35. The lowest BCUT2D eigenvalue weighted by atomic mass is 9.75. The molecule has 1 atom stereocenters. The first-order chi connectivity index (χ1) is 19.3. The first kappa shape index (κ1) is 27.9. The number of nitrogens with zero attached hydrogens (tertiary/aromatic N) is 1. The summed E-state index contributed by atoms with van der Waals surface area (Å²) < 4.78 is 26.5. The van der Waals surface area contributed by atoms with Crippen LogP contribution in [-0.4, -0.2) is 49.0 Å². The summed E-state index contributed by atoms with van der Waals surface area (Å²) in [5.41, 5.74) is 0.915. The summed E-state index contributed by atoms with van der Waals surface area (Å²) in [5.74, 6) is -0.621. The maximum atomic E-state index is 15.6. The molecular formula is C30H36FN3O6. The predicted molar refractivity (Wildman–Crippen MR) is 147 cm³/mol. The molecule has 2 heterocycles. The van der Waals surface area contributed by atoms with Crippen LogP contribution in [0.1, 0.15) is 56.6 Å². The number of hydrogen-bond acceptors (Lipinski definition) is 5. The summed E-state index contributed by atoms with van der Waals surface area (Å²) in [5, 5.41) is 15.4. The maximum Gasteiger partial charge on any atom is 0.411 e. The second-order valence-corrected chi connectivity index (χ2v) is 11.3. The van der Waals surface area contributed by atoms with Gasteiger partial charge in [-0.15, -0.1) is 0 Å². The van der Waals surface area contributed by atoms with Gasteiger partial charge in [-0.3, -0.25) is 9.69 Å². The van der Waals surface area contributed by atoms with Crippen molar-refractivity contribution in [1.29, 1.82) is 0 Å². The van der Waals surface area contributed by atoms with Crippen LogP contribution < -0.4 is 15.5 Å². The molecule has 1 aliphatic carbocycles. The second-order valence-electron chi connectivity index (χ2n) is 11.3. The molecule has 214 valence electrons. The quantitative estimate of drug-likeness (QED) is 0.439. The Hall–Kier alpha value is -3.66. The highest BCUT2D eigenvalue weighted by molar-refractivity contribution is 5.98. The van der Waals surface area contributed by atoms with E-state index >= 15 is 4.39 Å². The Bertz CT molecular complexity index is 1240. The molecule has 3 aliphatic rings. The Labute approximate surface area is 233 Å². The number of fused-ring (bicyclic) bond motifs is 2. The van der Waals surface area contributed by atoms with Crippen molar-refractivity contribution in [3.8, 4) is 0 Å². The third-order valence-corrected chi connectivity index (χ3v) is 8.60. The highest BCUT2D eigenvalue weighted by Crippen LogP contribution is 2.49. The molecule has 10 heteroatoms. The van der Waals surface area contributed by atoms with Gasteiger partial charge in [-0.25, -0.2) is 14.0 Å². The Kier molecular flexibility index (Phi) is 8.25. The number of hydrogen-bond donors (Lipinski definition) is 3. The molecule has 1 unspecified atom stereocenters. The molecule has 9 nitrogen and oxygen atoms in total. The van der Waals surface area contributed by atoms with Crippen molar-refractivity contribution in [1.82, 2.24) is 5.32 Å². The number of amides is 3. The standard InChI is InChI=1S/C30H36FN3O6/c1-19-7-9-21(10-8-19)26(33-28(36)40-17-20-5-3-2-4-6-20)27(35)32-22-15-23(31)25-24(16-22)34(29(37)38)18-30(25)11-13-39-14-12-30/h2-6,15-16,19,21,26H,7-14,17-18H2,1H3,(H,32,35)(H,33,36)(H,37,38). The lowest BCUT2D eigenvalue weighted by Gasteiger charge is -2.34. The maximum absolute atomic E-state index is 15.6. The van der Waals surface area contributed by atoms with Crippen LogP contribution in [0.15, 0.2) is 42.5 Å². The number of benzene rings is 2. The molecule has 5 rings (SSSR count). The summed E-state index contributed by atoms with van der Waals surface area (Å²) in [4.78, 5) is 39.5. The van der Waals surface area contributed by atoms with Gasteiger partial charge >= 0.3 is 12.2 Å². The van der Waals surface area contributed by atoms with E-state index in [1.807, 2.05) is 30.3 Å². The van der Waals surface area contributed by atoms with Crippen LogP contribution in [-0.2, 0) is 26.3 Å². The van der Waals surface area contributed by atoms with Crippen LogP contribution in [0.25, 0.3) is 0 Å². The summed E-state index contributed by atoms with van der Waals surface area (Å²) in [7, 11) is 0. The topological polar surface area (TPSA) is 117 Å². The van der Waals surface area contributed by atoms with Crippen molar-refractivity contribution >= 4 is 29.5 Å². The SMILES string of the molecule is CC1CCC(C(NC(=O)OCc2ccccc2)C(=O)Nc2cc(F)c3c(c2)N(C(=O)O)CC32CCOCC2)CC1. The summed E-state index contributed by atoms with van der Waals surface area (Å²) in [6.45, 7) is 3.24. The first-order valence-corrected chi connectivity index (χ1v) is 14.0. The van der Waals surface area contributed by atoms with E-state index in [2.05, 4.69) is 17.6 Å². The Morgan fingerprint density at radius 3 is 2.50 bits per heavy atom. The highest BCUT2D eigenvalue weighted by atomic mass is 19.1. The largest absolute Gasteiger partial charge is 0.465 e. The number of carbonyl (C=O) groups excluding carboxylic acids is 2. The van der Waals surface area contributed by atoms with Gasteiger partial charge in [-0.05, 0) is 55.2 Å². The fraction of sp³-hybridized carbons (Fsp3) is 0.500. The van der Waals surface area contributed by atoms with Crippen molar-refractivity contribution in [2.75, 3.05) is 30.0 Å². The fourth-order valence-corrected chi connectivity index (χ4v) is 6.34. The minimum absolute atomic E-state index is 0.0660. The number of anilines is 2. The molecule has 2 fully saturated rings. The average Bonchev–Trinajstić information content (AvgIpc) is 3.26. The number of halogens is 1. The number of alkyl carbamates (subject to hydrolysis) is 1. The molecule has 1 spiro atoms. The third-order valence-electron chi connectivity index (χ3n) is 8.60. The number of ether oxygens (including phenoxy) is 2. The summed E-state index contributed by atoms with van der Waals surface area (Å²) >= 11 is 0.